The molecule has 20 heavy (non-hydrogen) atoms. The van der Waals surface area contributed by atoms with E-state index in [1.807, 2.05) is 26.2 Å². The second-order valence-corrected chi connectivity index (χ2v) is 6.70. The van der Waals surface area contributed by atoms with Crippen LogP contribution in [-0.2, 0) is 0 Å². The van der Waals surface area contributed by atoms with Crippen LogP contribution in [0.15, 0.2) is 23.1 Å². The SMILES string of the molecule is CSc1ccc(Cl)c(C(=O)Nc2nnc(C(C)C)s2)c1. The summed E-state index contributed by atoms with van der Waals surface area (Å²) in [6.45, 7) is 4.07. The van der Waals surface area contributed by atoms with Crippen LogP contribution in [0.4, 0.5) is 5.13 Å². The van der Waals surface area contributed by atoms with Crippen molar-refractivity contribution in [2.45, 2.75) is 24.7 Å². The molecule has 1 aromatic carbocycles. The van der Waals surface area contributed by atoms with E-state index < -0.39 is 0 Å². The lowest BCUT2D eigenvalue weighted by atomic mass is 10.2. The van der Waals surface area contributed by atoms with Crippen molar-refractivity contribution < 1.29 is 4.79 Å². The molecule has 1 amide bonds. The highest BCUT2D eigenvalue weighted by Gasteiger charge is 2.14. The summed E-state index contributed by atoms with van der Waals surface area (Å²) in [5.74, 6) is 0.0268. The first-order valence-corrected chi connectivity index (χ1v) is 8.41. The van der Waals surface area contributed by atoms with Gasteiger partial charge < -0.3 is 0 Å². The van der Waals surface area contributed by atoms with E-state index in [1.165, 1.54) is 11.3 Å². The molecule has 2 aromatic rings. The van der Waals surface area contributed by atoms with E-state index >= 15 is 0 Å². The van der Waals surface area contributed by atoms with Crippen LogP contribution in [0.2, 0.25) is 5.02 Å². The van der Waals surface area contributed by atoms with Gasteiger partial charge in [0, 0.05) is 10.8 Å². The third-order valence-corrected chi connectivity index (χ3v) is 4.77. The van der Waals surface area contributed by atoms with Gasteiger partial charge in [0.1, 0.15) is 5.01 Å². The van der Waals surface area contributed by atoms with E-state index in [2.05, 4.69) is 15.5 Å². The second-order valence-electron chi connectivity index (χ2n) is 4.40. The van der Waals surface area contributed by atoms with Gasteiger partial charge in [0.15, 0.2) is 0 Å². The Bertz CT molecular complexity index is 628. The van der Waals surface area contributed by atoms with E-state index in [0.29, 0.717) is 21.6 Å². The van der Waals surface area contributed by atoms with E-state index in [0.717, 1.165) is 9.90 Å². The summed E-state index contributed by atoms with van der Waals surface area (Å²) in [6.07, 6.45) is 1.95. The number of nitrogens with one attached hydrogen (secondary N) is 1. The molecule has 0 aliphatic heterocycles. The number of carbonyl (C=O) groups is 1. The van der Waals surface area contributed by atoms with Crippen LogP contribution in [0, 0.1) is 0 Å². The molecule has 106 valence electrons. The number of halogens is 1. The number of hydrogen-bond acceptors (Lipinski definition) is 5. The predicted molar refractivity (Wildman–Crippen MR) is 85.2 cm³/mol. The molecular weight excluding hydrogens is 314 g/mol. The number of carbonyl (C=O) groups excluding carboxylic acids is 1. The van der Waals surface area contributed by atoms with Crippen LogP contribution >= 0.6 is 34.7 Å². The fourth-order valence-corrected chi connectivity index (χ4v) is 2.87. The molecule has 7 heteroatoms. The lowest BCUT2D eigenvalue weighted by Crippen LogP contribution is -2.12. The van der Waals surface area contributed by atoms with Gasteiger partial charge in [-0.3, -0.25) is 10.1 Å². The highest BCUT2D eigenvalue weighted by molar-refractivity contribution is 7.98. The summed E-state index contributed by atoms with van der Waals surface area (Å²) in [7, 11) is 0. The number of aromatic nitrogens is 2. The average Bonchev–Trinajstić information content (AvgIpc) is 2.88. The van der Waals surface area contributed by atoms with Crippen molar-refractivity contribution in [1.82, 2.24) is 10.2 Å². The Hall–Kier alpha value is -1.11. The molecule has 0 radical (unpaired) electrons. The number of anilines is 1. The van der Waals surface area contributed by atoms with E-state index in [4.69, 9.17) is 11.6 Å². The number of amides is 1. The third-order valence-electron chi connectivity index (χ3n) is 2.57. The fraction of sp³-hybridized carbons (Fsp3) is 0.308. The molecule has 0 saturated heterocycles. The summed E-state index contributed by atoms with van der Waals surface area (Å²) >= 11 is 9.00. The number of benzene rings is 1. The van der Waals surface area contributed by atoms with Crippen molar-refractivity contribution in [2.75, 3.05) is 11.6 Å². The van der Waals surface area contributed by atoms with Crippen LogP contribution in [0.3, 0.4) is 0 Å². The van der Waals surface area contributed by atoms with Crippen molar-refractivity contribution >= 4 is 45.7 Å². The summed E-state index contributed by atoms with van der Waals surface area (Å²) < 4.78 is 0. The smallest absolute Gasteiger partial charge is 0.259 e. The summed E-state index contributed by atoms with van der Waals surface area (Å²) in [6, 6.07) is 5.38. The first kappa shape index (κ1) is 15.3. The van der Waals surface area contributed by atoms with Gasteiger partial charge in [-0.1, -0.05) is 36.8 Å². The number of nitrogens with zero attached hydrogens (tertiary/aromatic N) is 2. The molecule has 1 N–H and O–H groups in total. The monoisotopic (exact) mass is 327 g/mol. The van der Waals surface area contributed by atoms with Gasteiger partial charge in [-0.25, -0.2) is 0 Å². The van der Waals surface area contributed by atoms with E-state index in [1.54, 1.807) is 23.9 Å². The van der Waals surface area contributed by atoms with Crippen molar-refractivity contribution in [2.24, 2.45) is 0 Å². The van der Waals surface area contributed by atoms with Gasteiger partial charge in [0.25, 0.3) is 5.91 Å². The second kappa shape index (κ2) is 6.56. The van der Waals surface area contributed by atoms with Gasteiger partial charge >= 0.3 is 0 Å². The Morgan fingerprint density at radius 2 is 2.15 bits per heavy atom. The normalized spacial score (nSPS) is 10.8. The number of thioether (sulfide) groups is 1. The molecule has 0 fully saturated rings. The zero-order chi connectivity index (χ0) is 14.7. The van der Waals surface area contributed by atoms with Crippen molar-refractivity contribution in [1.29, 1.82) is 0 Å². The molecule has 0 atom stereocenters. The summed E-state index contributed by atoms with van der Waals surface area (Å²) in [4.78, 5) is 13.2. The summed E-state index contributed by atoms with van der Waals surface area (Å²) in [5, 5.41) is 12.5. The molecule has 1 heterocycles. The summed E-state index contributed by atoms with van der Waals surface area (Å²) in [5.41, 5.74) is 0.444. The van der Waals surface area contributed by atoms with Crippen molar-refractivity contribution in [3.05, 3.63) is 33.8 Å². The molecule has 0 aliphatic carbocycles. The average molecular weight is 328 g/mol. The predicted octanol–water partition coefficient (Wildman–Crippen LogP) is 4.29. The first-order valence-electron chi connectivity index (χ1n) is 5.99. The molecule has 0 saturated carbocycles. The van der Waals surface area contributed by atoms with E-state index in [9.17, 15) is 4.79 Å². The molecule has 0 bridgehead atoms. The van der Waals surface area contributed by atoms with Crippen LogP contribution < -0.4 is 5.32 Å². The van der Waals surface area contributed by atoms with Crippen LogP contribution in [-0.4, -0.2) is 22.4 Å². The number of rotatable bonds is 4. The van der Waals surface area contributed by atoms with Gasteiger partial charge in [0.05, 0.1) is 10.6 Å². The maximum atomic E-state index is 12.2. The van der Waals surface area contributed by atoms with Crippen LogP contribution in [0.5, 0.6) is 0 Å². The molecule has 0 spiro atoms. The van der Waals surface area contributed by atoms with Gasteiger partial charge in [-0.2, -0.15) is 0 Å². The maximum Gasteiger partial charge on any atom is 0.259 e. The topological polar surface area (TPSA) is 54.9 Å². The van der Waals surface area contributed by atoms with Crippen LogP contribution in [0.1, 0.15) is 35.1 Å². The minimum Gasteiger partial charge on any atom is -0.296 e. The Morgan fingerprint density at radius 3 is 2.75 bits per heavy atom. The molecular formula is C13H14ClN3OS2. The minimum absolute atomic E-state index is 0.266. The highest BCUT2D eigenvalue weighted by atomic mass is 35.5. The number of hydrogen-bond donors (Lipinski definition) is 1. The first-order chi connectivity index (χ1) is 9.51. The highest BCUT2D eigenvalue weighted by Crippen LogP contribution is 2.26. The zero-order valence-corrected chi connectivity index (χ0v) is 13.7. The quantitative estimate of drug-likeness (QED) is 0.851. The minimum atomic E-state index is -0.266. The van der Waals surface area contributed by atoms with Crippen molar-refractivity contribution in [3.63, 3.8) is 0 Å². The molecule has 2 rings (SSSR count). The van der Waals surface area contributed by atoms with Gasteiger partial charge in [-0.05, 0) is 24.5 Å². The van der Waals surface area contributed by atoms with Crippen molar-refractivity contribution in [3.8, 4) is 0 Å². The molecule has 0 aliphatic rings. The largest absolute Gasteiger partial charge is 0.296 e. The lowest BCUT2D eigenvalue weighted by Gasteiger charge is -2.05. The van der Waals surface area contributed by atoms with Gasteiger partial charge in [0.2, 0.25) is 5.13 Å². The Morgan fingerprint density at radius 1 is 1.40 bits per heavy atom. The lowest BCUT2D eigenvalue weighted by molar-refractivity contribution is 0.102. The zero-order valence-electron chi connectivity index (χ0n) is 11.3. The molecule has 4 nitrogen and oxygen atoms in total. The van der Waals surface area contributed by atoms with Gasteiger partial charge in [-0.15, -0.1) is 22.0 Å². The Labute approximate surface area is 130 Å². The fourth-order valence-electron chi connectivity index (χ4n) is 1.49. The molecule has 1 aromatic heterocycles. The van der Waals surface area contributed by atoms with E-state index in [-0.39, 0.29) is 5.91 Å². The Balaban J connectivity index is 2.19. The molecule has 0 unspecified atom stereocenters. The maximum absolute atomic E-state index is 12.2. The third kappa shape index (κ3) is 3.50. The Kier molecular flexibility index (Phi) is 5.01. The standard InChI is InChI=1S/C13H14ClN3OS2/c1-7(2)12-16-17-13(20-12)15-11(18)9-6-8(19-3)4-5-10(9)14/h4-7H,1-3H3,(H,15,17,18). The van der Waals surface area contributed by atoms with Crippen LogP contribution in [0.25, 0.3) is 0 Å².